The van der Waals surface area contributed by atoms with Gasteiger partial charge in [0.1, 0.15) is 30.7 Å². The SMILES string of the molecule is CC(O)(CCl)COc1c(Cl)cc(C(C)(C)c2ccc(OC[C@H](O)Cn3ccnc3)cc2)cc1Cl. The highest BCUT2D eigenvalue weighted by Gasteiger charge is 2.27. The predicted molar refractivity (Wildman–Crippen MR) is 136 cm³/mol. The molecule has 0 aliphatic rings. The Balaban J connectivity index is 1.68. The van der Waals surface area contributed by atoms with Crippen LogP contribution in [-0.4, -0.2) is 50.6 Å². The number of nitrogens with zero attached hydrogens (tertiary/aromatic N) is 2. The van der Waals surface area contributed by atoms with Crippen molar-refractivity contribution in [2.45, 2.75) is 44.4 Å². The first-order chi connectivity index (χ1) is 16.0. The van der Waals surface area contributed by atoms with E-state index in [2.05, 4.69) is 18.8 Å². The molecule has 1 heterocycles. The zero-order chi connectivity index (χ0) is 24.9. The van der Waals surface area contributed by atoms with E-state index < -0.39 is 17.1 Å². The summed E-state index contributed by atoms with van der Waals surface area (Å²) in [6.07, 6.45) is 4.46. The highest BCUT2D eigenvalue weighted by atomic mass is 35.5. The van der Waals surface area contributed by atoms with E-state index in [1.54, 1.807) is 30.2 Å². The van der Waals surface area contributed by atoms with Gasteiger partial charge in [-0.3, -0.25) is 0 Å². The van der Waals surface area contributed by atoms with Crippen molar-refractivity contribution >= 4 is 34.8 Å². The van der Waals surface area contributed by atoms with Crippen LogP contribution in [0.4, 0.5) is 0 Å². The average molecular weight is 528 g/mol. The number of halogens is 3. The number of benzene rings is 2. The zero-order valence-corrected chi connectivity index (χ0v) is 21.6. The summed E-state index contributed by atoms with van der Waals surface area (Å²) in [5.74, 6) is 0.998. The monoisotopic (exact) mass is 526 g/mol. The van der Waals surface area contributed by atoms with Crippen LogP contribution in [0.5, 0.6) is 11.5 Å². The first kappa shape index (κ1) is 26.6. The summed E-state index contributed by atoms with van der Waals surface area (Å²) < 4.78 is 13.2. The molecule has 0 bridgehead atoms. The van der Waals surface area contributed by atoms with Gasteiger partial charge >= 0.3 is 0 Å². The highest BCUT2D eigenvalue weighted by molar-refractivity contribution is 6.37. The number of aliphatic hydroxyl groups excluding tert-OH is 1. The molecule has 0 amide bonds. The van der Waals surface area contributed by atoms with Crippen molar-refractivity contribution in [2.75, 3.05) is 19.1 Å². The average Bonchev–Trinajstić information content (AvgIpc) is 3.30. The molecule has 0 aliphatic heterocycles. The van der Waals surface area contributed by atoms with E-state index in [-0.39, 0.29) is 19.1 Å². The summed E-state index contributed by atoms with van der Waals surface area (Å²) in [4.78, 5) is 3.96. The Bertz CT molecular complexity index is 1050. The second-order valence-corrected chi connectivity index (χ2v) is 10.1. The van der Waals surface area contributed by atoms with E-state index in [0.717, 1.165) is 11.1 Å². The fourth-order valence-corrected chi connectivity index (χ4v) is 4.02. The third-order valence-corrected chi connectivity index (χ3v) is 6.67. The molecule has 1 aromatic heterocycles. The number of alkyl halides is 1. The Hall–Kier alpha value is -1.96. The molecule has 1 unspecified atom stereocenters. The fourth-order valence-electron chi connectivity index (χ4n) is 3.34. The number of aliphatic hydroxyl groups is 2. The molecule has 6 nitrogen and oxygen atoms in total. The van der Waals surface area contributed by atoms with Crippen molar-refractivity contribution in [1.29, 1.82) is 0 Å². The second-order valence-electron chi connectivity index (χ2n) is 9.06. The summed E-state index contributed by atoms with van der Waals surface area (Å²) in [7, 11) is 0. The van der Waals surface area contributed by atoms with Gasteiger partial charge in [-0.1, -0.05) is 49.2 Å². The van der Waals surface area contributed by atoms with Crippen molar-refractivity contribution in [2.24, 2.45) is 0 Å². The van der Waals surface area contributed by atoms with Crippen LogP contribution in [0.25, 0.3) is 0 Å². The summed E-state index contributed by atoms with van der Waals surface area (Å²) >= 11 is 18.7. The topological polar surface area (TPSA) is 76.7 Å². The standard InChI is InChI=1S/C25H29Cl3N2O4/c1-24(2,18-10-21(27)23(22(28)11-18)34-15-25(3,32)14-26)17-4-6-20(7-5-17)33-13-19(31)12-30-9-8-29-16-30/h4-11,16,19,31-32H,12-15H2,1-3H3/t19-,25?/m1/s1. The Morgan fingerprint density at radius 1 is 1.03 bits per heavy atom. The molecular formula is C25H29Cl3N2O4. The molecule has 0 aliphatic carbocycles. The molecule has 9 heteroatoms. The molecule has 2 aromatic carbocycles. The van der Waals surface area contributed by atoms with Crippen LogP contribution >= 0.6 is 34.8 Å². The zero-order valence-electron chi connectivity index (χ0n) is 19.3. The lowest BCUT2D eigenvalue weighted by atomic mass is 9.78. The minimum atomic E-state index is -1.19. The van der Waals surface area contributed by atoms with Gasteiger partial charge in [0.25, 0.3) is 0 Å². The van der Waals surface area contributed by atoms with Gasteiger partial charge in [-0.05, 0) is 42.3 Å². The number of aromatic nitrogens is 2. The molecule has 3 aromatic rings. The number of hydrogen-bond acceptors (Lipinski definition) is 5. The van der Waals surface area contributed by atoms with Crippen molar-refractivity contribution in [3.63, 3.8) is 0 Å². The van der Waals surface area contributed by atoms with Crippen LogP contribution in [0.2, 0.25) is 10.0 Å². The van der Waals surface area contributed by atoms with Crippen molar-refractivity contribution in [3.05, 3.63) is 76.3 Å². The summed E-state index contributed by atoms with van der Waals surface area (Å²) in [6.45, 7) is 6.27. The van der Waals surface area contributed by atoms with Crippen LogP contribution < -0.4 is 9.47 Å². The van der Waals surface area contributed by atoms with Crippen LogP contribution in [0.15, 0.2) is 55.1 Å². The maximum atomic E-state index is 10.2. The van der Waals surface area contributed by atoms with E-state index in [4.69, 9.17) is 44.3 Å². The minimum absolute atomic E-state index is 0.0244. The van der Waals surface area contributed by atoms with E-state index in [1.165, 1.54) is 0 Å². The Kier molecular flexibility index (Phi) is 8.77. The highest BCUT2D eigenvalue weighted by Crippen LogP contribution is 2.41. The molecule has 0 spiro atoms. The third kappa shape index (κ3) is 6.80. The van der Waals surface area contributed by atoms with E-state index in [9.17, 15) is 10.2 Å². The fraction of sp³-hybridized carbons (Fsp3) is 0.400. The molecular weight excluding hydrogens is 499 g/mol. The second kappa shape index (κ2) is 11.2. The maximum Gasteiger partial charge on any atom is 0.156 e. The lowest BCUT2D eigenvalue weighted by Gasteiger charge is -2.28. The quantitative estimate of drug-likeness (QED) is 0.330. The lowest BCUT2D eigenvalue weighted by Crippen LogP contribution is -2.34. The molecule has 0 fully saturated rings. The largest absolute Gasteiger partial charge is 0.491 e. The van der Waals surface area contributed by atoms with Crippen molar-refractivity contribution < 1.29 is 19.7 Å². The van der Waals surface area contributed by atoms with Gasteiger partial charge in [-0.2, -0.15) is 0 Å². The van der Waals surface area contributed by atoms with E-state index in [0.29, 0.717) is 28.1 Å². The van der Waals surface area contributed by atoms with Gasteiger partial charge in [-0.25, -0.2) is 4.98 Å². The Morgan fingerprint density at radius 2 is 1.68 bits per heavy atom. The summed E-state index contributed by atoms with van der Waals surface area (Å²) in [5.41, 5.74) is 0.339. The van der Waals surface area contributed by atoms with Gasteiger partial charge in [-0.15, -0.1) is 11.6 Å². The number of imidazole rings is 1. The first-order valence-electron chi connectivity index (χ1n) is 10.8. The van der Waals surface area contributed by atoms with E-state index >= 15 is 0 Å². The molecule has 2 N–H and O–H groups in total. The van der Waals surface area contributed by atoms with Crippen LogP contribution in [0.1, 0.15) is 31.9 Å². The van der Waals surface area contributed by atoms with Gasteiger partial charge in [0.05, 0.1) is 28.8 Å². The first-order valence-corrected chi connectivity index (χ1v) is 12.1. The van der Waals surface area contributed by atoms with Crippen LogP contribution in [-0.2, 0) is 12.0 Å². The van der Waals surface area contributed by atoms with Crippen molar-refractivity contribution in [1.82, 2.24) is 9.55 Å². The minimum Gasteiger partial charge on any atom is -0.491 e. The molecule has 3 rings (SSSR count). The maximum absolute atomic E-state index is 10.2. The van der Waals surface area contributed by atoms with Gasteiger partial charge < -0.3 is 24.3 Å². The Morgan fingerprint density at radius 3 is 2.24 bits per heavy atom. The van der Waals surface area contributed by atoms with Gasteiger partial charge in [0.15, 0.2) is 5.75 Å². The molecule has 34 heavy (non-hydrogen) atoms. The summed E-state index contributed by atoms with van der Waals surface area (Å²) in [5, 5.41) is 20.9. The number of rotatable bonds is 11. The van der Waals surface area contributed by atoms with Gasteiger partial charge in [0, 0.05) is 17.8 Å². The molecule has 0 saturated carbocycles. The number of hydrogen-bond donors (Lipinski definition) is 2. The lowest BCUT2D eigenvalue weighted by molar-refractivity contribution is 0.0317. The predicted octanol–water partition coefficient (Wildman–Crippen LogP) is 5.32. The van der Waals surface area contributed by atoms with E-state index in [1.807, 2.05) is 36.4 Å². The van der Waals surface area contributed by atoms with Crippen molar-refractivity contribution in [3.8, 4) is 11.5 Å². The normalized spacial score (nSPS) is 14.5. The molecule has 2 atom stereocenters. The molecule has 184 valence electrons. The number of ether oxygens (including phenoxy) is 2. The third-order valence-electron chi connectivity index (χ3n) is 5.53. The molecule has 0 saturated heterocycles. The van der Waals surface area contributed by atoms with Gasteiger partial charge in [0.2, 0.25) is 0 Å². The van der Waals surface area contributed by atoms with Crippen LogP contribution in [0.3, 0.4) is 0 Å². The summed E-state index contributed by atoms with van der Waals surface area (Å²) in [6, 6.07) is 11.3. The van der Waals surface area contributed by atoms with Crippen LogP contribution in [0, 0.1) is 0 Å². The molecule has 0 radical (unpaired) electrons. The smallest absolute Gasteiger partial charge is 0.156 e. The Labute approximate surface area is 215 Å².